The van der Waals surface area contributed by atoms with Crippen molar-refractivity contribution in [1.29, 1.82) is 5.26 Å². The van der Waals surface area contributed by atoms with Gasteiger partial charge >= 0.3 is 0 Å². The van der Waals surface area contributed by atoms with E-state index in [0.29, 0.717) is 29.2 Å². The van der Waals surface area contributed by atoms with E-state index >= 15 is 0 Å². The number of ether oxygens (including phenoxy) is 1. The molecule has 0 aliphatic heterocycles. The molecule has 1 aromatic carbocycles. The van der Waals surface area contributed by atoms with Gasteiger partial charge in [0.25, 0.3) is 0 Å². The maximum Gasteiger partial charge on any atom is 0.163 e. The molecular weight excluding hydrogens is 332 g/mol. The highest BCUT2D eigenvalue weighted by Gasteiger charge is 2.15. The van der Waals surface area contributed by atoms with Crippen LogP contribution in [0.3, 0.4) is 0 Å². The van der Waals surface area contributed by atoms with E-state index in [4.69, 9.17) is 9.72 Å². The van der Waals surface area contributed by atoms with Gasteiger partial charge in [-0.25, -0.2) is 4.98 Å². The van der Waals surface area contributed by atoms with E-state index in [2.05, 4.69) is 6.07 Å². The lowest BCUT2D eigenvalue weighted by atomic mass is 9.95. The minimum Gasteiger partial charge on any atom is -0.492 e. The number of rotatable bonds is 6. The van der Waals surface area contributed by atoms with Gasteiger partial charge in [-0.3, -0.25) is 4.79 Å². The van der Waals surface area contributed by atoms with Gasteiger partial charge in [-0.1, -0.05) is 12.1 Å². The van der Waals surface area contributed by atoms with Crippen LogP contribution < -0.4 is 4.74 Å². The average Bonchev–Trinajstić information content (AvgIpc) is 2.64. The number of Topliss-reactive ketones (excluding diaryl/α,β-unsaturated/α-hetero) is 1. The Morgan fingerprint density at radius 3 is 2.92 bits per heavy atom. The maximum atomic E-state index is 11.6. The lowest BCUT2D eigenvalue weighted by molar-refractivity contribution is 0.101. The van der Waals surface area contributed by atoms with Crippen molar-refractivity contribution in [2.75, 3.05) is 12.4 Å². The number of fused-ring (bicyclic) bond motifs is 1. The van der Waals surface area contributed by atoms with Crippen LogP contribution in [0, 0.1) is 11.3 Å². The third-order valence-electron chi connectivity index (χ3n) is 4.23. The van der Waals surface area contributed by atoms with Gasteiger partial charge in [-0.2, -0.15) is 5.26 Å². The van der Waals surface area contributed by atoms with Gasteiger partial charge in [0.2, 0.25) is 0 Å². The van der Waals surface area contributed by atoms with Crippen LogP contribution in [0.4, 0.5) is 0 Å². The fraction of sp³-hybridized carbons (Fsp3) is 0.350. The number of nitriles is 1. The first-order valence-corrected chi connectivity index (χ1v) is 9.46. The first-order chi connectivity index (χ1) is 12.2. The van der Waals surface area contributed by atoms with E-state index in [9.17, 15) is 10.1 Å². The van der Waals surface area contributed by atoms with Gasteiger partial charge < -0.3 is 4.74 Å². The average molecular weight is 352 g/mol. The number of nitrogens with zero attached hydrogens (tertiary/aromatic N) is 2. The van der Waals surface area contributed by atoms with Gasteiger partial charge in [0.1, 0.15) is 16.8 Å². The SMILES string of the molecule is CC(=O)c1ccccc1OCCSc1nc2c(cc1C#N)CCCC2. The number of hydrogen-bond donors (Lipinski definition) is 0. The molecule has 1 aliphatic rings. The molecule has 0 unspecified atom stereocenters. The smallest absolute Gasteiger partial charge is 0.163 e. The Hall–Kier alpha value is -2.32. The number of pyridine rings is 1. The molecule has 1 aliphatic carbocycles. The standard InChI is InChI=1S/C20H20N2O2S/c1-14(23)17-7-3-5-9-19(17)24-10-11-25-20-16(13-21)12-15-6-2-4-8-18(15)22-20/h3,5,7,9,12H,2,4,6,8,10-11H2,1H3. The molecule has 1 aromatic heterocycles. The summed E-state index contributed by atoms with van der Waals surface area (Å²) < 4.78 is 5.75. The number of aryl methyl sites for hydroxylation is 2. The van der Waals surface area contributed by atoms with E-state index < -0.39 is 0 Å². The summed E-state index contributed by atoms with van der Waals surface area (Å²) in [7, 11) is 0. The maximum absolute atomic E-state index is 11.6. The molecule has 0 radical (unpaired) electrons. The van der Waals surface area contributed by atoms with Crippen molar-refractivity contribution in [1.82, 2.24) is 4.98 Å². The van der Waals surface area contributed by atoms with Crippen molar-refractivity contribution in [3.05, 3.63) is 52.7 Å². The number of carbonyl (C=O) groups is 1. The molecule has 25 heavy (non-hydrogen) atoms. The van der Waals surface area contributed by atoms with E-state index in [-0.39, 0.29) is 5.78 Å². The zero-order valence-corrected chi connectivity index (χ0v) is 15.1. The number of hydrogen-bond acceptors (Lipinski definition) is 5. The number of ketones is 1. The fourth-order valence-electron chi connectivity index (χ4n) is 2.98. The molecule has 0 bridgehead atoms. The molecule has 0 saturated carbocycles. The Kier molecular flexibility index (Phi) is 5.72. The number of benzene rings is 1. The van der Waals surface area contributed by atoms with Crippen molar-refractivity contribution >= 4 is 17.5 Å². The van der Waals surface area contributed by atoms with Crippen LogP contribution in [0.5, 0.6) is 5.75 Å². The number of aromatic nitrogens is 1. The van der Waals surface area contributed by atoms with Crippen molar-refractivity contribution in [3.63, 3.8) is 0 Å². The highest BCUT2D eigenvalue weighted by molar-refractivity contribution is 7.99. The summed E-state index contributed by atoms with van der Waals surface area (Å²) in [6.45, 7) is 1.99. The third-order valence-corrected chi connectivity index (χ3v) is 5.19. The molecule has 0 amide bonds. The largest absolute Gasteiger partial charge is 0.492 e. The Morgan fingerprint density at radius 1 is 1.32 bits per heavy atom. The molecule has 1 heterocycles. The van der Waals surface area contributed by atoms with Crippen LogP contribution in [0.15, 0.2) is 35.4 Å². The van der Waals surface area contributed by atoms with Crippen molar-refractivity contribution < 1.29 is 9.53 Å². The zero-order chi connectivity index (χ0) is 17.6. The lowest BCUT2D eigenvalue weighted by Gasteiger charge is -2.16. The zero-order valence-electron chi connectivity index (χ0n) is 14.2. The summed E-state index contributed by atoms with van der Waals surface area (Å²) in [5.41, 5.74) is 3.60. The van der Waals surface area contributed by atoms with E-state index in [0.717, 1.165) is 23.6 Å². The summed E-state index contributed by atoms with van der Waals surface area (Å²) in [5, 5.41) is 10.2. The monoisotopic (exact) mass is 352 g/mol. The van der Waals surface area contributed by atoms with Crippen LogP contribution in [0.25, 0.3) is 0 Å². The molecule has 0 atom stereocenters. The van der Waals surface area contributed by atoms with Gasteiger partial charge in [-0.05, 0) is 56.4 Å². The minimum absolute atomic E-state index is 0.00799. The van der Waals surface area contributed by atoms with Crippen LogP contribution in [-0.4, -0.2) is 23.1 Å². The lowest BCUT2D eigenvalue weighted by Crippen LogP contribution is -2.08. The van der Waals surface area contributed by atoms with Crippen LogP contribution in [-0.2, 0) is 12.8 Å². The number of para-hydroxylation sites is 1. The molecule has 4 nitrogen and oxygen atoms in total. The van der Waals surface area contributed by atoms with E-state index in [1.54, 1.807) is 12.1 Å². The number of carbonyl (C=O) groups excluding carboxylic acids is 1. The molecule has 0 fully saturated rings. The summed E-state index contributed by atoms with van der Waals surface area (Å²) >= 11 is 1.53. The van der Waals surface area contributed by atoms with Gasteiger partial charge in [0.15, 0.2) is 5.78 Å². The van der Waals surface area contributed by atoms with E-state index in [1.807, 2.05) is 18.2 Å². The highest BCUT2D eigenvalue weighted by Crippen LogP contribution is 2.27. The number of thioether (sulfide) groups is 1. The van der Waals surface area contributed by atoms with Gasteiger partial charge in [-0.15, -0.1) is 11.8 Å². The van der Waals surface area contributed by atoms with Crippen molar-refractivity contribution in [2.45, 2.75) is 37.6 Å². The second kappa shape index (κ2) is 8.17. The first kappa shape index (κ1) is 17.5. The summed E-state index contributed by atoms with van der Waals surface area (Å²) in [6, 6.07) is 11.5. The molecule has 128 valence electrons. The third kappa shape index (κ3) is 4.21. The predicted molar refractivity (Wildman–Crippen MR) is 98.3 cm³/mol. The fourth-order valence-corrected chi connectivity index (χ4v) is 3.77. The predicted octanol–water partition coefficient (Wildman–Crippen LogP) is 4.21. The molecule has 3 rings (SSSR count). The highest BCUT2D eigenvalue weighted by atomic mass is 32.2. The van der Waals surface area contributed by atoms with Crippen LogP contribution in [0.2, 0.25) is 0 Å². The van der Waals surface area contributed by atoms with Crippen LogP contribution in [0.1, 0.15) is 46.9 Å². The Balaban J connectivity index is 1.63. The quantitative estimate of drug-likeness (QED) is 0.443. The minimum atomic E-state index is -0.00799. The van der Waals surface area contributed by atoms with Gasteiger partial charge in [0, 0.05) is 11.4 Å². The normalized spacial score (nSPS) is 13.0. The Labute approximate surface area is 152 Å². The molecule has 0 spiro atoms. The first-order valence-electron chi connectivity index (χ1n) is 8.47. The van der Waals surface area contributed by atoms with E-state index in [1.165, 1.54) is 37.1 Å². The molecule has 2 aromatic rings. The van der Waals surface area contributed by atoms with Crippen molar-refractivity contribution in [2.24, 2.45) is 0 Å². The molecular formula is C20H20N2O2S. The second-order valence-electron chi connectivity index (χ2n) is 6.02. The molecule has 0 saturated heterocycles. The van der Waals surface area contributed by atoms with Crippen LogP contribution >= 0.6 is 11.8 Å². The summed E-state index contributed by atoms with van der Waals surface area (Å²) in [4.78, 5) is 16.3. The Morgan fingerprint density at radius 2 is 2.12 bits per heavy atom. The topological polar surface area (TPSA) is 63.0 Å². The Bertz CT molecular complexity index is 827. The van der Waals surface area contributed by atoms with Crippen molar-refractivity contribution in [3.8, 4) is 11.8 Å². The summed E-state index contributed by atoms with van der Waals surface area (Å²) in [5.74, 6) is 1.27. The molecule has 5 heteroatoms. The second-order valence-corrected chi connectivity index (χ2v) is 7.10. The molecule has 0 N–H and O–H groups in total. The summed E-state index contributed by atoms with van der Waals surface area (Å²) in [6.07, 6.45) is 4.36. The van der Waals surface area contributed by atoms with Gasteiger partial charge in [0.05, 0.1) is 17.7 Å².